The van der Waals surface area contributed by atoms with Gasteiger partial charge in [0.2, 0.25) is 0 Å². The first kappa shape index (κ1) is 16.2. The van der Waals surface area contributed by atoms with Gasteiger partial charge in [-0.1, -0.05) is 18.2 Å². The highest BCUT2D eigenvalue weighted by molar-refractivity contribution is 5.98. The Bertz CT molecular complexity index is 734. The van der Waals surface area contributed by atoms with Crippen molar-refractivity contribution in [1.82, 2.24) is 20.3 Å². The largest absolute Gasteiger partial charge is 0.480 e. The molecule has 126 valence electrons. The van der Waals surface area contributed by atoms with E-state index in [1.807, 2.05) is 0 Å². The fourth-order valence-electron chi connectivity index (χ4n) is 3.07. The first-order valence-corrected chi connectivity index (χ1v) is 8.03. The van der Waals surface area contributed by atoms with E-state index >= 15 is 0 Å². The second-order valence-corrected chi connectivity index (χ2v) is 6.42. The van der Waals surface area contributed by atoms with Crippen LogP contribution in [0.1, 0.15) is 43.0 Å². The quantitative estimate of drug-likeness (QED) is 0.895. The van der Waals surface area contributed by atoms with Crippen molar-refractivity contribution in [1.29, 1.82) is 0 Å². The Labute approximate surface area is 139 Å². The van der Waals surface area contributed by atoms with Gasteiger partial charge in [-0.25, -0.2) is 9.48 Å². The van der Waals surface area contributed by atoms with Crippen LogP contribution in [0, 0.1) is 5.92 Å². The number of carbonyl (C=O) groups is 2. The molecule has 1 fully saturated rings. The maximum Gasteiger partial charge on any atom is 0.329 e. The summed E-state index contributed by atoms with van der Waals surface area (Å²) in [6.45, 7) is 2.11. The maximum absolute atomic E-state index is 12.6. The van der Waals surface area contributed by atoms with Crippen molar-refractivity contribution < 1.29 is 14.7 Å². The number of rotatable bonds is 4. The van der Waals surface area contributed by atoms with E-state index in [2.05, 4.69) is 22.6 Å². The summed E-state index contributed by atoms with van der Waals surface area (Å²) in [5.74, 6) is -0.853. The predicted octanol–water partition coefficient (Wildman–Crippen LogP) is 2.03. The molecule has 1 amide bonds. The minimum atomic E-state index is -1.17. The summed E-state index contributed by atoms with van der Waals surface area (Å²) >= 11 is 0. The van der Waals surface area contributed by atoms with E-state index < -0.39 is 11.5 Å². The summed E-state index contributed by atoms with van der Waals surface area (Å²) in [6, 6.07) is 6.88. The van der Waals surface area contributed by atoms with Crippen molar-refractivity contribution in [2.75, 3.05) is 0 Å². The Hall–Kier alpha value is -2.70. The van der Waals surface area contributed by atoms with Gasteiger partial charge in [-0.15, -0.1) is 5.10 Å². The zero-order valence-electron chi connectivity index (χ0n) is 13.5. The molecule has 0 unspecified atom stereocenters. The number of carboxylic acids is 1. The molecular formula is C17H20N4O3. The number of aromatic nitrogens is 3. The second kappa shape index (κ2) is 6.43. The third-order valence-corrected chi connectivity index (χ3v) is 4.69. The molecule has 1 aromatic heterocycles. The average molecular weight is 328 g/mol. The number of amides is 1. The Kier molecular flexibility index (Phi) is 4.33. The van der Waals surface area contributed by atoms with Crippen LogP contribution in [0.2, 0.25) is 0 Å². The molecule has 2 N–H and O–H groups in total. The summed E-state index contributed by atoms with van der Waals surface area (Å²) in [7, 11) is 0. The van der Waals surface area contributed by atoms with Crippen LogP contribution in [0.3, 0.4) is 0 Å². The zero-order chi connectivity index (χ0) is 17.2. The molecule has 1 heterocycles. The Morgan fingerprint density at radius 2 is 2.08 bits per heavy atom. The van der Waals surface area contributed by atoms with Gasteiger partial charge < -0.3 is 10.4 Å². The monoisotopic (exact) mass is 328 g/mol. The van der Waals surface area contributed by atoms with Crippen LogP contribution in [0.5, 0.6) is 0 Å². The van der Waals surface area contributed by atoms with E-state index in [0.717, 1.165) is 12.8 Å². The molecule has 7 nitrogen and oxygen atoms in total. The van der Waals surface area contributed by atoms with Gasteiger partial charge in [0.05, 0.1) is 18.1 Å². The van der Waals surface area contributed by atoms with Crippen molar-refractivity contribution in [3.63, 3.8) is 0 Å². The van der Waals surface area contributed by atoms with Crippen molar-refractivity contribution in [2.45, 2.75) is 38.1 Å². The standard InChI is InChI=1S/C17H20N4O3/c1-12-5-7-17(8-6-12,16(23)24)19-15(22)13-3-2-4-14(11-13)21-10-9-18-20-21/h2-4,9-12H,5-8H2,1H3,(H,19,22)(H,23,24). The summed E-state index contributed by atoms with van der Waals surface area (Å²) in [4.78, 5) is 24.4. The highest BCUT2D eigenvalue weighted by Gasteiger charge is 2.42. The van der Waals surface area contributed by atoms with Crippen molar-refractivity contribution >= 4 is 11.9 Å². The topological polar surface area (TPSA) is 97.1 Å². The summed E-state index contributed by atoms with van der Waals surface area (Å²) in [6.07, 6.45) is 5.74. The minimum absolute atomic E-state index is 0.381. The Morgan fingerprint density at radius 1 is 1.33 bits per heavy atom. The van der Waals surface area contributed by atoms with Gasteiger partial charge in [-0.05, 0) is 49.8 Å². The van der Waals surface area contributed by atoms with E-state index in [9.17, 15) is 14.7 Å². The number of hydrogen-bond donors (Lipinski definition) is 2. The first-order valence-electron chi connectivity index (χ1n) is 8.03. The summed E-state index contributed by atoms with van der Waals surface area (Å²) < 4.78 is 1.55. The van der Waals surface area contributed by atoms with Gasteiger partial charge in [0, 0.05) is 5.56 Å². The highest BCUT2D eigenvalue weighted by Crippen LogP contribution is 2.32. The van der Waals surface area contributed by atoms with E-state index in [-0.39, 0.29) is 5.91 Å². The van der Waals surface area contributed by atoms with E-state index in [4.69, 9.17) is 0 Å². The van der Waals surface area contributed by atoms with Crippen LogP contribution in [-0.4, -0.2) is 37.5 Å². The molecule has 0 spiro atoms. The lowest BCUT2D eigenvalue weighted by Crippen LogP contribution is -2.56. The van der Waals surface area contributed by atoms with Crippen LogP contribution in [0.4, 0.5) is 0 Å². The highest BCUT2D eigenvalue weighted by atomic mass is 16.4. The molecule has 0 radical (unpaired) electrons. The molecule has 0 bridgehead atoms. The van der Waals surface area contributed by atoms with Gasteiger partial charge in [-0.2, -0.15) is 0 Å². The van der Waals surface area contributed by atoms with Gasteiger partial charge in [0.1, 0.15) is 5.54 Å². The number of carbonyl (C=O) groups excluding carboxylic acids is 1. The Morgan fingerprint density at radius 3 is 2.71 bits per heavy atom. The van der Waals surface area contributed by atoms with Gasteiger partial charge in [-0.3, -0.25) is 4.79 Å². The smallest absolute Gasteiger partial charge is 0.329 e. The summed E-state index contributed by atoms with van der Waals surface area (Å²) in [5, 5.41) is 20.0. The van der Waals surface area contributed by atoms with Crippen LogP contribution >= 0.6 is 0 Å². The third-order valence-electron chi connectivity index (χ3n) is 4.69. The predicted molar refractivity (Wildman–Crippen MR) is 86.8 cm³/mol. The van der Waals surface area contributed by atoms with Crippen molar-refractivity contribution in [2.24, 2.45) is 5.92 Å². The van der Waals surface area contributed by atoms with Crippen LogP contribution in [0.15, 0.2) is 36.7 Å². The van der Waals surface area contributed by atoms with E-state index in [1.54, 1.807) is 41.3 Å². The SMILES string of the molecule is CC1CCC(NC(=O)c2cccc(-n3ccnn3)c2)(C(=O)O)CC1. The fraction of sp³-hybridized carbons (Fsp3) is 0.412. The first-order chi connectivity index (χ1) is 11.5. The number of benzene rings is 1. The second-order valence-electron chi connectivity index (χ2n) is 6.42. The molecule has 1 aliphatic carbocycles. The lowest BCUT2D eigenvalue weighted by molar-refractivity contribution is -0.146. The van der Waals surface area contributed by atoms with E-state index in [0.29, 0.717) is 30.0 Å². The maximum atomic E-state index is 12.6. The van der Waals surface area contributed by atoms with Gasteiger partial charge >= 0.3 is 5.97 Å². The molecule has 0 aliphatic heterocycles. The molecule has 0 saturated heterocycles. The number of carboxylic acid groups (broad SMARTS) is 1. The van der Waals surface area contributed by atoms with E-state index in [1.165, 1.54) is 0 Å². The number of nitrogens with one attached hydrogen (secondary N) is 1. The third kappa shape index (κ3) is 3.15. The zero-order valence-corrected chi connectivity index (χ0v) is 13.5. The Balaban J connectivity index is 1.81. The lowest BCUT2D eigenvalue weighted by atomic mass is 9.77. The van der Waals surface area contributed by atoms with Crippen molar-refractivity contribution in [3.05, 3.63) is 42.2 Å². The van der Waals surface area contributed by atoms with Crippen LogP contribution in [0.25, 0.3) is 5.69 Å². The van der Waals surface area contributed by atoms with Crippen LogP contribution in [-0.2, 0) is 4.79 Å². The molecule has 0 atom stereocenters. The number of nitrogens with zero attached hydrogens (tertiary/aromatic N) is 3. The lowest BCUT2D eigenvalue weighted by Gasteiger charge is -2.36. The average Bonchev–Trinajstić information content (AvgIpc) is 3.11. The van der Waals surface area contributed by atoms with Gasteiger partial charge in [0.15, 0.2) is 0 Å². The molecule has 7 heteroatoms. The van der Waals surface area contributed by atoms with Gasteiger partial charge in [0.25, 0.3) is 5.91 Å². The molecule has 1 aliphatic rings. The minimum Gasteiger partial charge on any atom is -0.480 e. The molecular weight excluding hydrogens is 308 g/mol. The molecule has 1 aromatic carbocycles. The number of hydrogen-bond acceptors (Lipinski definition) is 4. The molecule has 1 saturated carbocycles. The number of aliphatic carboxylic acids is 1. The molecule has 24 heavy (non-hydrogen) atoms. The summed E-state index contributed by atoms with van der Waals surface area (Å²) in [5.41, 5.74) is -0.0728. The fourth-order valence-corrected chi connectivity index (χ4v) is 3.07. The van der Waals surface area contributed by atoms with Crippen molar-refractivity contribution in [3.8, 4) is 5.69 Å². The molecule has 3 rings (SSSR count). The normalized spacial score (nSPS) is 23.6. The molecule has 2 aromatic rings. The van der Waals surface area contributed by atoms with Crippen LogP contribution < -0.4 is 5.32 Å².